The fourth-order valence-electron chi connectivity index (χ4n) is 2.15. The van der Waals surface area contributed by atoms with Crippen LogP contribution in [0.4, 0.5) is 0 Å². The molecule has 0 N–H and O–H groups in total. The second-order valence-electron chi connectivity index (χ2n) is 4.66. The predicted octanol–water partition coefficient (Wildman–Crippen LogP) is 2.55. The molecule has 1 aliphatic rings. The Morgan fingerprint density at radius 2 is 1.88 bits per heavy atom. The number of esters is 1. The molecule has 4 heteroatoms. The van der Waals surface area contributed by atoms with Crippen molar-refractivity contribution in [1.29, 1.82) is 0 Å². The van der Waals surface area contributed by atoms with Crippen LogP contribution in [0.1, 0.15) is 27.7 Å². The Bertz CT molecular complexity index is 242. The van der Waals surface area contributed by atoms with Crippen molar-refractivity contribution < 1.29 is 14.3 Å². The molecule has 0 bridgehead atoms. The molecular formula is C12H22O3S. The smallest absolute Gasteiger partial charge is 0.302 e. The van der Waals surface area contributed by atoms with Crippen LogP contribution in [0.25, 0.3) is 0 Å². The molecule has 1 fully saturated rings. The number of rotatable bonds is 3. The number of ether oxygens (including phenoxy) is 2. The second kappa shape index (κ2) is 5.92. The minimum atomic E-state index is -0.234. The average Bonchev–Trinajstić information content (AvgIpc) is 2.25. The molecule has 1 aliphatic heterocycles. The third-order valence-corrected chi connectivity index (χ3v) is 4.67. The van der Waals surface area contributed by atoms with E-state index in [1.165, 1.54) is 6.92 Å². The van der Waals surface area contributed by atoms with E-state index in [2.05, 4.69) is 27.0 Å². The van der Waals surface area contributed by atoms with E-state index < -0.39 is 0 Å². The molecule has 5 atom stereocenters. The van der Waals surface area contributed by atoms with Gasteiger partial charge in [0, 0.05) is 6.92 Å². The first kappa shape index (κ1) is 13.8. The van der Waals surface area contributed by atoms with Crippen molar-refractivity contribution in [3.05, 3.63) is 0 Å². The highest BCUT2D eigenvalue weighted by Gasteiger charge is 2.38. The predicted molar refractivity (Wildman–Crippen MR) is 66.3 cm³/mol. The van der Waals surface area contributed by atoms with Crippen LogP contribution >= 0.6 is 11.8 Å². The first-order valence-electron chi connectivity index (χ1n) is 5.79. The molecule has 16 heavy (non-hydrogen) atoms. The average molecular weight is 246 g/mol. The zero-order chi connectivity index (χ0) is 12.3. The maximum atomic E-state index is 10.8. The first-order valence-corrected chi connectivity index (χ1v) is 7.07. The SMILES string of the molecule is CS[C@@H]1OC(COC(C)=O)[C@@H](C)[C@H](C)C1C. The lowest BCUT2D eigenvalue weighted by Gasteiger charge is -2.42. The van der Waals surface area contributed by atoms with Crippen LogP contribution in [-0.4, -0.2) is 30.4 Å². The number of thioether (sulfide) groups is 1. The largest absolute Gasteiger partial charge is 0.463 e. The highest BCUT2D eigenvalue weighted by molar-refractivity contribution is 7.99. The summed E-state index contributed by atoms with van der Waals surface area (Å²) in [6, 6.07) is 0. The van der Waals surface area contributed by atoms with E-state index in [9.17, 15) is 4.79 Å². The maximum absolute atomic E-state index is 10.8. The Labute approximate surface area is 102 Å². The maximum Gasteiger partial charge on any atom is 0.302 e. The van der Waals surface area contributed by atoms with E-state index in [1.54, 1.807) is 11.8 Å². The van der Waals surface area contributed by atoms with Gasteiger partial charge in [0.2, 0.25) is 0 Å². The van der Waals surface area contributed by atoms with Gasteiger partial charge < -0.3 is 9.47 Å². The first-order chi connectivity index (χ1) is 7.47. The lowest BCUT2D eigenvalue weighted by molar-refractivity contribution is -0.156. The minimum Gasteiger partial charge on any atom is -0.463 e. The van der Waals surface area contributed by atoms with Gasteiger partial charge in [-0.25, -0.2) is 0 Å². The van der Waals surface area contributed by atoms with Crippen molar-refractivity contribution in [3.8, 4) is 0 Å². The quantitative estimate of drug-likeness (QED) is 0.717. The van der Waals surface area contributed by atoms with Gasteiger partial charge in [-0.15, -0.1) is 11.8 Å². The van der Waals surface area contributed by atoms with E-state index in [4.69, 9.17) is 9.47 Å². The summed E-state index contributed by atoms with van der Waals surface area (Å²) >= 11 is 1.73. The van der Waals surface area contributed by atoms with Crippen LogP contribution in [0.5, 0.6) is 0 Å². The lowest BCUT2D eigenvalue weighted by atomic mass is 9.80. The standard InChI is InChI=1S/C12H22O3S/c1-7-8(2)11(6-14-10(4)13)15-12(16-5)9(7)3/h7-9,11-12H,6H2,1-5H3/t7-,8-,9?,11?,12-/m0/s1. The zero-order valence-electron chi connectivity index (χ0n) is 10.7. The molecule has 0 spiro atoms. The van der Waals surface area contributed by atoms with Gasteiger partial charge in [-0.2, -0.15) is 0 Å². The molecule has 2 unspecified atom stereocenters. The van der Waals surface area contributed by atoms with Gasteiger partial charge in [-0.05, 0) is 24.0 Å². The fourth-order valence-corrected chi connectivity index (χ4v) is 3.08. The Balaban J connectivity index is 2.60. The van der Waals surface area contributed by atoms with Gasteiger partial charge in [0.25, 0.3) is 0 Å². The third-order valence-electron chi connectivity index (χ3n) is 3.67. The second-order valence-corrected chi connectivity index (χ2v) is 5.59. The number of carbonyl (C=O) groups excluding carboxylic acids is 1. The number of hydrogen-bond donors (Lipinski definition) is 0. The van der Waals surface area contributed by atoms with E-state index in [-0.39, 0.29) is 17.5 Å². The molecule has 3 nitrogen and oxygen atoms in total. The Kier molecular flexibility index (Phi) is 5.12. The molecule has 0 radical (unpaired) electrons. The monoisotopic (exact) mass is 246 g/mol. The van der Waals surface area contributed by atoms with Gasteiger partial charge >= 0.3 is 5.97 Å². The van der Waals surface area contributed by atoms with Gasteiger partial charge in [0.1, 0.15) is 12.0 Å². The molecule has 0 aliphatic carbocycles. The summed E-state index contributed by atoms with van der Waals surface area (Å²) in [6.45, 7) is 8.47. The highest BCUT2D eigenvalue weighted by Crippen LogP contribution is 2.38. The summed E-state index contributed by atoms with van der Waals surface area (Å²) in [4.78, 5) is 10.8. The van der Waals surface area contributed by atoms with E-state index >= 15 is 0 Å². The van der Waals surface area contributed by atoms with Crippen LogP contribution in [0.3, 0.4) is 0 Å². The summed E-state index contributed by atoms with van der Waals surface area (Å²) in [5.41, 5.74) is 0.215. The summed E-state index contributed by atoms with van der Waals surface area (Å²) in [5.74, 6) is 1.32. The third kappa shape index (κ3) is 3.14. The summed E-state index contributed by atoms with van der Waals surface area (Å²) in [6.07, 6.45) is 2.10. The lowest BCUT2D eigenvalue weighted by Crippen LogP contribution is -2.45. The number of carbonyl (C=O) groups is 1. The van der Waals surface area contributed by atoms with Crippen molar-refractivity contribution in [2.45, 2.75) is 39.2 Å². The van der Waals surface area contributed by atoms with Crippen LogP contribution in [0, 0.1) is 17.8 Å². The number of hydrogen-bond acceptors (Lipinski definition) is 4. The van der Waals surface area contributed by atoms with Gasteiger partial charge in [-0.1, -0.05) is 20.8 Å². The Morgan fingerprint density at radius 3 is 2.38 bits per heavy atom. The van der Waals surface area contributed by atoms with Crippen molar-refractivity contribution in [3.63, 3.8) is 0 Å². The zero-order valence-corrected chi connectivity index (χ0v) is 11.5. The molecule has 1 saturated heterocycles. The molecule has 1 rings (SSSR count). The summed E-state index contributed by atoms with van der Waals surface area (Å²) < 4.78 is 11.0. The molecule has 0 aromatic rings. The van der Waals surface area contributed by atoms with Gasteiger partial charge in [-0.3, -0.25) is 4.79 Å². The molecule has 94 valence electrons. The molecule has 0 amide bonds. The van der Waals surface area contributed by atoms with Crippen LogP contribution in [0.2, 0.25) is 0 Å². The molecule has 0 aromatic carbocycles. The van der Waals surface area contributed by atoms with Crippen LogP contribution < -0.4 is 0 Å². The molecule has 0 saturated carbocycles. The van der Waals surface area contributed by atoms with E-state index in [1.807, 2.05) is 0 Å². The summed E-state index contributed by atoms with van der Waals surface area (Å²) in [7, 11) is 0. The van der Waals surface area contributed by atoms with Crippen LogP contribution in [-0.2, 0) is 14.3 Å². The minimum absolute atomic E-state index is 0.0348. The normalized spacial score (nSPS) is 39.4. The van der Waals surface area contributed by atoms with Gasteiger partial charge in [0.05, 0.1) is 6.10 Å². The Hall–Kier alpha value is -0.220. The van der Waals surface area contributed by atoms with E-state index in [0.717, 1.165) is 0 Å². The molecule has 0 aromatic heterocycles. The van der Waals surface area contributed by atoms with Crippen molar-refractivity contribution in [1.82, 2.24) is 0 Å². The van der Waals surface area contributed by atoms with Crippen molar-refractivity contribution in [2.24, 2.45) is 17.8 Å². The topological polar surface area (TPSA) is 35.5 Å². The summed E-state index contributed by atoms with van der Waals surface area (Å²) in [5, 5.41) is 0. The van der Waals surface area contributed by atoms with Gasteiger partial charge in [0.15, 0.2) is 0 Å². The van der Waals surface area contributed by atoms with E-state index in [0.29, 0.717) is 24.4 Å². The highest BCUT2D eigenvalue weighted by atomic mass is 32.2. The molecular weight excluding hydrogens is 224 g/mol. The van der Waals surface area contributed by atoms with Crippen molar-refractivity contribution >= 4 is 17.7 Å². The van der Waals surface area contributed by atoms with Crippen molar-refractivity contribution in [2.75, 3.05) is 12.9 Å². The Morgan fingerprint density at radius 1 is 1.25 bits per heavy atom. The fraction of sp³-hybridized carbons (Fsp3) is 0.917. The van der Waals surface area contributed by atoms with Crippen LogP contribution in [0.15, 0.2) is 0 Å². The molecule has 1 heterocycles.